The lowest BCUT2D eigenvalue weighted by Crippen LogP contribution is -2.27. The van der Waals surface area contributed by atoms with Gasteiger partial charge in [-0.2, -0.15) is 0 Å². The van der Waals surface area contributed by atoms with Crippen molar-refractivity contribution >= 4 is 12.4 Å². The van der Waals surface area contributed by atoms with E-state index in [0.29, 0.717) is 23.6 Å². The quantitative estimate of drug-likeness (QED) is 0.882. The molecule has 2 rings (SSSR count). The first-order valence-electron chi connectivity index (χ1n) is 5.45. The molecule has 0 aromatic carbocycles. The van der Waals surface area contributed by atoms with Crippen LogP contribution in [-0.2, 0) is 0 Å². The van der Waals surface area contributed by atoms with Crippen LogP contribution in [0.2, 0.25) is 0 Å². The second-order valence-corrected chi connectivity index (χ2v) is 3.90. The van der Waals surface area contributed by atoms with Crippen LogP contribution in [0.25, 0.3) is 11.5 Å². The highest BCUT2D eigenvalue weighted by Crippen LogP contribution is 2.24. The second kappa shape index (κ2) is 5.99. The Labute approximate surface area is 111 Å². The highest BCUT2D eigenvalue weighted by molar-refractivity contribution is 5.85. The van der Waals surface area contributed by atoms with E-state index in [2.05, 4.69) is 10.1 Å². The second-order valence-electron chi connectivity index (χ2n) is 3.90. The predicted molar refractivity (Wildman–Crippen MR) is 67.2 cm³/mol. The van der Waals surface area contributed by atoms with Crippen LogP contribution >= 0.6 is 12.4 Å². The van der Waals surface area contributed by atoms with Gasteiger partial charge in [-0.15, -0.1) is 12.4 Å². The van der Waals surface area contributed by atoms with Crippen molar-refractivity contribution in [1.82, 2.24) is 10.1 Å². The molecule has 0 saturated heterocycles. The molecule has 0 fully saturated rings. The number of hydrogen-bond donors (Lipinski definition) is 2. The molecule has 2 aromatic rings. The Kier molecular flexibility index (Phi) is 4.89. The summed E-state index contributed by atoms with van der Waals surface area (Å²) in [6.45, 7) is 3.67. The summed E-state index contributed by atoms with van der Waals surface area (Å²) in [5, 5.41) is 13.6. The van der Waals surface area contributed by atoms with Crippen LogP contribution in [0.4, 0.5) is 0 Å². The predicted octanol–water partition coefficient (Wildman–Crippen LogP) is 1.83. The van der Waals surface area contributed by atoms with Crippen molar-refractivity contribution < 1.29 is 14.0 Å². The summed E-state index contributed by atoms with van der Waals surface area (Å²) >= 11 is 0. The van der Waals surface area contributed by atoms with Gasteiger partial charge in [-0.3, -0.25) is 0 Å². The first kappa shape index (κ1) is 14.7. The number of aromatic nitrogens is 2. The van der Waals surface area contributed by atoms with Crippen molar-refractivity contribution in [2.45, 2.75) is 32.4 Å². The standard InChI is InChI=1S/C11H15N3O3.ClH/c1-3-7(12)10(15)11-13-5-9(16-11)8-4-6(2)17-14-8;/h4-5,7,10,15H,3,12H2,1-2H3;1H/t7?,10-;/m0./s1. The number of aliphatic hydroxyl groups excluding tert-OH is 1. The van der Waals surface area contributed by atoms with E-state index in [0.717, 1.165) is 0 Å². The molecule has 1 unspecified atom stereocenters. The minimum absolute atomic E-state index is 0. The summed E-state index contributed by atoms with van der Waals surface area (Å²) in [5.74, 6) is 1.35. The lowest BCUT2D eigenvalue weighted by Gasteiger charge is -2.12. The Morgan fingerprint density at radius 3 is 2.78 bits per heavy atom. The van der Waals surface area contributed by atoms with Crippen molar-refractivity contribution in [1.29, 1.82) is 0 Å². The van der Waals surface area contributed by atoms with Crippen LogP contribution in [0.15, 0.2) is 21.2 Å². The highest BCUT2D eigenvalue weighted by atomic mass is 35.5. The molecule has 0 aliphatic rings. The van der Waals surface area contributed by atoms with Crippen LogP contribution in [-0.4, -0.2) is 21.3 Å². The molecule has 0 aliphatic heterocycles. The molecule has 2 atom stereocenters. The fraction of sp³-hybridized carbons (Fsp3) is 0.455. The van der Waals surface area contributed by atoms with Gasteiger partial charge in [-0.05, 0) is 13.3 Å². The number of aliphatic hydroxyl groups is 1. The van der Waals surface area contributed by atoms with Crippen molar-refractivity contribution in [3.63, 3.8) is 0 Å². The van der Waals surface area contributed by atoms with E-state index < -0.39 is 6.10 Å². The number of rotatable bonds is 4. The first-order chi connectivity index (χ1) is 8.11. The lowest BCUT2D eigenvalue weighted by atomic mass is 10.1. The van der Waals surface area contributed by atoms with E-state index in [1.807, 2.05) is 6.92 Å². The van der Waals surface area contributed by atoms with E-state index in [4.69, 9.17) is 14.7 Å². The van der Waals surface area contributed by atoms with Gasteiger partial charge in [0.05, 0.1) is 6.20 Å². The Morgan fingerprint density at radius 2 is 2.22 bits per heavy atom. The zero-order chi connectivity index (χ0) is 12.4. The van der Waals surface area contributed by atoms with Crippen LogP contribution in [0.3, 0.4) is 0 Å². The van der Waals surface area contributed by atoms with Crippen LogP contribution < -0.4 is 5.73 Å². The van der Waals surface area contributed by atoms with Gasteiger partial charge in [0.15, 0.2) is 11.5 Å². The average molecular weight is 274 g/mol. The van der Waals surface area contributed by atoms with Gasteiger partial charge in [0.1, 0.15) is 11.9 Å². The van der Waals surface area contributed by atoms with Gasteiger partial charge >= 0.3 is 0 Å². The molecule has 0 spiro atoms. The molecule has 3 N–H and O–H groups in total. The molecule has 0 radical (unpaired) electrons. The van der Waals surface area contributed by atoms with Crippen LogP contribution in [0, 0.1) is 6.92 Å². The molecule has 0 aliphatic carbocycles. The fourth-order valence-corrected chi connectivity index (χ4v) is 1.43. The SMILES string of the molecule is CCC(N)[C@H](O)c1ncc(-c2cc(C)on2)o1.Cl. The lowest BCUT2D eigenvalue weighted by molar-refractivity contribution is 0.114. The maximum atomic E-state index is 9.83. The molecule has 2 heterocycles. The summed E-state index contributed by atoms with van der Waals surface area (Å²) in [5.41, 5.74) is 6.27. The zero-order valence-electron chi connectivity index (χ0n) is 10.2. The normalized spacial score (nSPS) is 14.0. The molecule has 18 heavy (non-hydrogen) atoms. The van der Waals surface area contributed by atoms with Crippen molar-refractivity contribution in [2.24, 2.45) is 5.73 Å². The minimum atomic E-state index is -0.901. The van der Waals surface area contributed by atoms with Crippen LogP contribution in [0.5, 0.6) is 0 Å². The topological polar surface area (TPSA) is 98.3 Å². The Balaban J connectivity index is 0.00000162. The first-order valence-corrected chi connectivity index (χ1v) is 5.45. The number of oxazole rings is 1. The van der Waals surface area contributed by atoms with E-state index in [-0.39, 0.29) is 24.3 Å². The third kappa shape index (κ3) is 2.90. The average Bonchev–Trinajstić information content (AvgIpc) is 2.95. The molecular formula is C11H16ClN3O3. The van der Waals surface area contributed by atoms with Gasteiger partial charge < -0.3 is 19.8 Å². The number of nitrogens with zero attached hydrogens (tertiary/aromatic N) is 2. The van der Waals surface area contributed by atoms with Gasteiger partial charge in [0.25, 0.3) is 0 Å². The highest BCUT2D eigenvalue weighted by Gasteiger charge is 2.21. The van der Waals surface area contributed by atoms with E-state index in [1.54, 1.807) is 13.0 Å². The van der Waals surface area contributed by atoms with Gasteiger partial charge in [0, 0.05) is 12.1 Å². The van der Waals surface area contributed by atoms with Crippen molar-refractivity contribution in [2.75, 3.05) is 0 Å². The van der Waals surface area contributed by atoms with E-state index in [1.165, 1.54) is 6.20 Å². The van der Waals surface area contributed by atoms with Gasteiger partial charge in [-0.25, -0.2) is 4.98 Å². The smallest absolute Gasteiger partial charge is 0.225 e. The molecule has 2 aromatic heterocycles. The summed E-state index contributed by atoms with van der Waals surface area (Å²) < 4.78 is 10.3. The zero-order valence-corrected chi connectivity index (χ0v) is 11.0. The molecule has 100 valence electrons. The van der Waals surface area contributed by atoms with E-state index >= 15 is 0 Å². The van der Waals surface area contributed by atoms with Crippen LogP contribution in [0.1, 0.15) is 31.1 Å². The van der Waals surface area contributed by atoms with Crippen molar-refractivity contribution in [3.05, 3.63) is 23.9 Å². The summed E-state index contributed by atoms with van der Waals surface area (Å²) in [6, 6.07) is 1.34. The Bertz CT molecular complexity index is 497. The molecule has 7 heteroatoms. The molecule has 0 saturated carbocycles. The number of nitrogens with two attached hydrogens (primary N) is 1. The third-order valence-corrected chi connectivity index (χ3v) is 2.53. The Hall–Kier alpha value is -1.37. The number of hydrogen-bond acceptors (Lipinski definition) is 6. The number of halogens is 1. The van der Waals surface area contributed by atoms with Gasteiger partial charge in [0.2, 0.25) is 5.89 Å². The molecule has 0 bridgehead atoms. The fourth-order valence-electron chi connectivity index (χ4n) is 1.43. The monoisotopic (exact) mass is 273 g/mol. The van der Waals surface area contributed by atoms with Crippen molar-refractivity contribution in [3.8, 4) is 11.5 Å². The maximum Gasteiger partial charge on any atom is 0.225 e. The third-order valence-electron chi connectivity index (χ3n) is 2.53. The van der Waals surface area contributed by atoms with E-state index in [9.17, 15) is 5.11 Å². The molecule has 6 nitrogen and oxygen atoms in total. The summed E-state index contributed by atoms with van der Waals surface area (Å²) in [4.78, 5) is 3.99. The summed E-state index contributed by atoms with van der Waals surface area (Å²) in [7, 11) is 0. The largest absolute Gasteiger partial charge is 0.436 e. The molecular weight excluding hydrogens is 258 g/mol. The minimum Gasteiger partial charge on any atom is -0.436 e. The maximum absolute atomic E-state index is 9.83. The summed E-state index contributed by atoms with van der Waals surface area (Å²) in [6.07, 6.45) is 1.24. The van der Waals surface area contributed by atoms with Gasteiger partial charge in [-0.1, -0.05) is 12.1 Å². The Morgan fingerprint density at radius 1 is 1.50 bits per heavy atom. The molecule has 0 amide bonds. The number of aryl methyl sites for hydroxylation is 1.